The SMILES string of the molecule is O=C([C@H]1CCCN1C(=O)C1CCCC1)N1CCO[C@H](C(F)F)C1. The second-order valence-corrected chi connectivity index (χ2v) is 6.70. The number of likely N-dealkylation sites (tertiary alicyclic amines) is 1. The maximum atomic E-state index is 12.8. The van der Waals surface area contributed by atoms with E-state index in [0.29, 0.717) is 19.5 Å². The van der Waals surface area contributed by atoms with Gasteiger partial charge in [0.1, 0.15) is 12.1 Å². The van der Waals surface area contributed by atoms with Crippen molar-refractivity contribution < 1.29 is 23.1 Å². The van der Waals surface area contributed by atoms with Gasteiger partial charge in [-0.05, 0) is 25.7 Å². The van der Waals surface area contributed by atoms with Crippen molar-refractivity contribution in [3.63, 3.8) is 0 Å². The summed E-state index contributed by atoms with van der Waals surface area (Å²) in [7, 11) is 0. The zero-order valence-electron chi connectivity index (χ0n) is 13.3. The van der Waals surface area contributed by atoms with Gasteiger partial charge in [0.05, 0.1) is 13.2 Å². The lowest BCUT2D eigenvalue weighted by Crippen LogP contribution is -2.54. The summed E-state index contributed by atoms with van der Waals surface area (Å²) in [5, 5.41) is 0. The topological polar surface area (TPSA) is 49.9 Å². The number of alkyl halides is 2. The van der Waals surface area contributed by atoms with Crippen molar-refractivity contribution in [2.45, 2.75) is 57.1 Å². The zero-order valence-corrected chi connectivity index (χ0v) is 13.3. The molecule has 2 saturated heterocycles. The summed E-state index contributed by atoms with van der Waals surface area (Å²) in [6.07, 6.45) is 1.58. The number of amides is 2. The Hall–Kier alpha value is -1.24. The molecule has 3 aliphatic rings. The first-order valence-electron chi connectivity index (χ1n) is 8.57. The largest absolute Gasteiger partial charge is 0.369 e. The molecule has 2 amide bonds. The highest BCUT2D eigenvalue weighted by Gasteiger charge is 2.41. The summed E-state index contributed by atoms with van der Waals surface area (Å²) in [4.78, 5) is 28.5. The van der Waals surface area contributed by atoms with E-state index in [0.717, 1.165) is 32.1 Å². The molecule has 0 radical (unpaired) electrons. The van der Waals surface area contributed by atoms with Gasteiger partial charge in [-0.1, -0.05) is 12.8 Å². The van der Waals surface area contributed by atoms with Crippen LogP contribution in [0.15, 0.2) is 0 Å². The Morgan fingerprint density at radius 3 is 2.43 bits per heavy atom. The van der Waals surface area contributed by atoms with Gasteiger partial charge in [0.15, 0.2) is 0 Å². The Bertz CT molecular complexity index is 455. The van der Waals surface area contributed by atoms with Crippen molar-refractivity contribution in [2.75, 3.05) is 26.2 Å². The van der Waals surface area contributed by atoms with Gasteiger partial charge < -0.3 is 14.5 Å². The summed E-state index contributed by atoms with van der Waals surface area (Å²) in [6.45, 7) is 0.973. The van der Waals surface area contributed by atoms with E-state index in [1.807, 2.05) is 0 Å². The van der Waals surface area contributed by atoms with Crippen molar-refractivity contribution in [2.24, 2.45) is 5.92 Å². The Morgan fingerprint density at radius 1 is 1.00 bits per heavy atom. The molecule has 130 valence electrons. The number of halogens is 2. The third kappa shape index (κ3) is 3.49. The number of hydrogen-bond donors (Lipinski definition) is 0. The molecule has 5 nitrogen and oxygen atoms in total. The summed E-state index contributed by atoms with van der Waals surface area (Å²) in [5.74, 6) is -0.0679. The number of morpholine rings is 1. The molecule has 2 atom stereocenters. The van der Waals surface area contributed by atoms with Crippen molar-refractivity contribution in [1.29, 1.82) is 0 Å². The molecule has 7 heteroatoms. The van der Waals surface area contributed by atoms with Crippen LogP contribution in [-0.4, -0.2) is 66.4 Å². The highest BCUT2D eigenvalue weighted by atomic mass is 19.3. The van der Waals surface area contributed by atoms with Gasteiger partial charge in [0.25, 0.3) is 6.43 Å². The van der Waals surface area contributed by atoms with Crippen LogP contribution in [0.1, 0.15) is 38.5 Å². The van der Waals surface area contributed by atoms with Gasteiger partial charge in [0.2, 0.25) is 11.8 Å². The van der Waals surface area contributed by atoms with E-state index >= 15 is 0 Å². The third-order valence-electron chi connectivity index (χ3n) is 5.21. The van der Waals surface area contributed by atoms with Crippen LogP contribution in [0.2, 0.25) is 0 Å². The van der Waals surface area contributed by atoms with Crippen molar-refractivity contribution in [3.8, 4) is 0 Å². The lowest BCUT2D eigenvalue weighted by molar-refractivity contribution is -0.155. The number of carbonyl (C=O) groups excluding carboxylic acids is 2. The van der Waals surface area contributed by atoms with Crippen LogP contribution in [0.5, 0.6) is 0 Å². The number of nitrogens with zero attached hydrogens (tertiary/aromatic N) is 2. The van der Waals surface area contributed by atoms with Crippen molar-refractivity contribution >= 4 is 11.8 Å². The first-order valence-corrected chi connectivity index (χ1v) is 8.57. The lowest BCUT2D eigenvalue weighted by Gasteiger charge is -2.36. The molecule has 3 rings (SSSR count). The summed E-state index contributed by atoms with van der Waals surface area (Å²) in [5.41, 5.74) is 0. The summed E-state index contributed by atoms with van der Waals surface area (Å²) in [6, 6.07) is -0.473. The Kier molecular flexibility index (Phi) is 5.14. The van der Waals surface area contributed by atoms with Crippen LogP contribution in [-0.2, 0) is 14.3 Å². The standard InChI is InChI=1S/C16H24F2N2O3/c17-14(18)13-10-19(8-9-23-13)16(22)12-6-3-7-20(12)15(21)11-4-1-2-5-11/h11-14H,1-10H2/t12-,13+/m1/s1. The van der Waals surface area contributed by atoms with Crippen molar-refractivity contribution in [3.05, 3.63) is 0 Å². The molecule has 23 heavy (non-hydrogen) atoms. The minimum absolute atomic E-state index is 0.0434. The van der Waals surface area contributed by atoms with E-state index in [-0.39, 0.29) is 30.9 Å². The normalized spacial score (nSPS) is 29.5. The first kappa shape index (κ1) is 16.6. The minimum atomic E-state index is -2.59. The van der Waals surface area contributed by atoms with Gasteiger partial charge in [-0.15, -0.1) is 0 Å². The van der Waals surface area contributed by atoms with E-state index < -0.39 is 18.6 Å². The van der Waals surface area contributed by atoms with Gasteiger partial charge in [-0.3, -0.25) is 9.59 Å². The molecular weight excluding hydrogens is 306 g/mol. The zero-order chi connectivity index (χ0) is 16.4. The average molecular weight is 330 g/mol. The fourth-order valence-electron chi connectivity index (χ4n) is 3.93. The number of hydrogen-bond acceptors (Lipinski definition) is 3. The smallest absolute Gasteiger partial charge is 0.266 e. The van der Waals surface area contributed by atoms with Crippen LogP contribution < -0.4 is 0 Å². The van der Waals surface area contributed by atoms with E-state index in [9.17, 15) is 18.4 Å². The minimum Gasteiger partial charge on any atom is -0.369 e. The molecule has 1 aliphatic carbocycles. The van der Waals surface area contributed by atoms with Gasteiger partial charge in [0, 0.05) is 19.0 Å². The fraction of sp³-hybridized carbons (Fsp3) is 0.875. The highest BCUT2D eigenvalue weighted by Crippen LogP contribution is 2.30. The fourth-order valence-corrected chi connectivity index (χ4v) is 3.93. The summed E-state index contributed by atoms with van der Waals surface area (Å²) < 4.78 is 30.6. The monoisotopic (exact) mass is 330 g/mol. The predicted molar refractivity (Wildman–Crippen MR) is 79.0 cm³/mol. The third-order valence-corrected chi connectivity index (χ3v) is 5.21. The van der Waals surface area contributed by atoms with Crippen LogP contribution in [0.25, 0.3) is 0 Å². The van der Waals surface area contributed by atoms with Crippen LogP contribution >= 0.6 is 0 Å². The molecular formula is C16H24F2N2O3. The second-order valence-electron chi connectivity index (χ2n) is 6.70. The quantitative estimate of drug-likeness (QED) is 0.791. The van der Waals surface area contributed by atoms with E-state index in [1.54, 1.807) is 4.90 Å². The average Bonchev–Trinajstić information content (AvgIpc) is 3.25. The molecule has 0 unspecified atom stereocenters. The Balaban J connectivity index is 1.64. The molecule has 0 spiro atoms. The number of carbonyl (C=O) groups is 2. The molecule has 0 bridgehead atoms. The van der Waals surface area contributed by atoms with Crippen molar-refractivity contribution in [1.82, 2.24) is 9.80 Å². The van der Waals surface area contributed by atoms with Gasteiger partial charge in [-0.2, -0.15) is 0 Å². The molecule has 0 aromatic rings. The van der Waals surface area contributed by atoms with Crippen LogP contribution in [0, 0.1) is 5.92 Å². The van der Waals surface area contributed by atoms with E-state index in [4.69, 9.17) is 4.74 Å². The van der Waals surface area contributed by atoms with E-state index in [2.05, 4.69) is 0 Å². The van der Waals surface area contributed by atoms with Gasteiger partial charge in [-0.25, -0.2) is 8.78 Å². The molecule has 2 heterocycles. The predicted octanol–water partition coefficient (Wildman–Crippen LogP) is 1.66. The second kappa shape index (κ2) is 7.11. The molecule has 0 aromatic carbocycles. The van der Waals surface area contributed by atoms with Gasteiger partial charge >= 0.3 is 0 Å². The summed E-state index contributed by atoms with van der Waals surface area (Å²) >= 11 is 0. The van der Waals surface area contributed by atoms with Crippen LogP contribution in [0.4, 0.5) is 8.78 Å². The first-order chi connectivity index (χ1) is 11.1. The lowest BCUT2D eigenvalue weighted by atomic mass is 10.1. The molecule has 2 aliphatic heterocycles. The Labute approximate surface area is 134 Å². The number of ether oxygens (including phenoxy) is 1. The Morgan fingerprint density at radius 2 is 1.74 bits per heavy atom. The maximum Gasteiger partial charge on any atom is 0.266 e. The molecule has 3 fully saturated rings. The van der Waals surface area contributed by atoms with Crippen LogP contribution in [0.3, 0.4) is 0 Å². The molecule has 0 aromatic heterocycles. The molecule has 1 saturated carbocycles. The van der Waals surface area contributed by atoms with E-state index in [1.165, 1.54) is 4.90 Å². The maximum absolute atomic E-state index is 12.8. The molecule has 0 N–H and O–H groups in total. The number of rotatable bonds is 3. The highest BCUT2D eigenvalue weighted by molar-refractivity contribution is 5.89.